The first-order valence-electron chi connectivity index (χ1n) is 4.83. The van der Waals surface area contributed by atoms with E-state index in [1.165, 1.54) is 4.90 Å². The van der Waals surface area contributed by atoms with E-state index in [0.29, 0.717) is 0 Å². The second-order valence-electron chi connectivity index (χ2n) is 3.65. The van der Waals surface area contributed by atoms with Crippen molar-refractivity contribution in [3.05, 3.63) is 11.9 Å². The molecule has 0 aromatic carbocycles. The minimum atomic E-state index is -0.417. The highest BCUT2D eigenvalue weighted by molar-refractivity contribution is 5.91. The van der Waals surface area contributed by atoms with Crippen LogP contribution in [0.1, 0.15) is 16.9 Å². The number of carbonyl (C=O) groups is 1. The largest absolute Gasteiger partial charge is 1.00 e. The van der Waals surface area contributed by atoms with Crippen molar-refractivity contribution >= 4 is 5.91 Å². The summed E-state index contributed by atoms with van der Waals surface area (Å²) in [5.41, 5.74) is 2.26. The monoisotopic (exact) mass is 340 g/mol. The summed E-state index contributed by atoms with van der Waals surface area (Å²) in [6.45, 7) is 1.81. The average molecular weight is 340 g/mol. The number of hydrogen-bond donors (Lipinski definition) is 3. The van der Waals surface area contributed by atoms with Crippen molar-refractivity contribution in [3.8, 4) is 0 Å². The summed E-state index contributed by atoms with van der Waals surface area (Å²) in [7, 11) is 4.18. The Morgan fingerprint density at radius 2 is 2.31 bits per heavy atom. The molecule has 0 saturated heterocycles. The van der Waals surface area contributed by atoms with E-state index in [4.69, 9.17) is 5.84 Å². The molecule has 1 heterocycles. The zero-order valence-electron chi connectivity index (χ0n) is 9.40. The van der Waals surface area contributed by atoms with Gasteiger partial charge in [0.25, 0.3) is 5.91 Å². The normalized spacial score (nSPS) is 10.0. The number of rotatable bonds is 5. The van der Waals surface area contributed by atoms with Crippen LogP contribution < -0.4 is 40.1 Å². The van der Waals surface area contributed by atoms with Gasteiger partial charge in [-0.15, -0.1) is 5.10 Å². The second kappa shape index (κ2) is 7.52. The van der Waals surface area contributed by atoms with Crippen LogP contribution in [0.15, 0.2) is 6.20 Å². The Morgan fingerprint density at radius 1 is 1.62 bits per heavy atom. The van der Waals surface area contributed by atoms with Crippen molar-refractivity contribution < 1.29 is 33.7 Å². The van der Waals surface area contributed by atoms with E-state index in [1.807, 2.05) is 5.43 Å². The molecule has 0 fully saturated rings. The smallest absolute Gasteiger partial charge is 0.287 e. The molecule has 0 bridgehead atoms. The van der Waals surface area contributed by atoms with E-state index >= 15 is 0 Å². The predicted octanol–water partition coefficient (Wildman–Crippen LogP) is -5.58. The van der Waals surface area contributed by atoms with Gasteiger partial charge in [0.2, 0.25) is 0 Å². The number of nitrogen functional groups attached to an aromatic ring is 1. The molecule has 0 unspecified atom stereocenters. The molecule has 0 spiro atoms. The van der Waals surface area contributed by atoms with Crippen molar-refractivity contribution in [3.63, 3.8) is 0 Å². The highest BCUT2D eigenvalue weighted by Gasteiger charge is 2.08. The molecular weight excluding hydrogens is 323 g/mol. The van der Waals surface area contributed by atoms with Gasteiger partial charge in [0.1, 0.15) is 0 Å². The highest BCUT2D eigenvalue weighted by Crippen LogP contribution is 1.93. The number of quaternary nitrogens is 1. The van der Waals surface area contributed by atoms with Gasteiger partial charge in [0.05, 0.1) is 26.8 Å². The number of nitrogens with one attached hydrogen (secondary N) is 2. The van der Waals surface area contributed by atoms with Gasteiger partial charge in [-0.1, -0.05) is 5.21 Å². The Bertz CT molecular complexity index is 326. The summed E-state index contributed by atoms with van der Waals surface area (Å²) in [6.07, 6.45) is 2.59. The summed E-state index contributed by atoms with van der Waals surface area (Å²) >= 11 is 0. The molecule has 0 aliphatic carbocycles. The van der Waals surface area contributed by atoms with Gasteiger partial charge in [-0.25, -0.2) is 5.84 Å². The first kappa shape index (κ1) is 15.3. The van der Waals surface area contributed by atoms with Crippen LogP contribution in [-0.2, 0) is 6.54 Å². The molecule has 0 saturated carbocycles. The number of halogens is 1. The minimum Gasteiger partial charge on any atom is -1.00 e. The summed E-state index contributed by atoms with van der Waals surface area (Å²) < 4.78 is 1.65. The molecule has 0 atom stereocenters. The predicted molar refractivity (Wildman–Crippen MR) is 54.0 cm³/mol. The van der Waals surface area contributed by atoms with E-state index in [0.717, 1.165) is 19.5 Å². The number of amides is 1. The molecule has 0 radical (unpaired) electrons. The van der Waals surface area contributed by atoms with Gasteiger partial charge in [-0.05, 0) is 0 Å². The standard InChI is InChI=1S/C8H16N6O.HI/c1-13(2)4-3-5-14-6-7(11-12-14)8(15)10-9;/h6H,3-5,9H2,1-2H3,(H,10,15);1H. The zero-order valence-corrected chi connectivity index (χ0v) is 11.6. The molecule has 7 nitrogen and oxygen atoms in total. The van der Waals surface area contributed by atoms with Gasteiger partial charge in [0, 0.05) is 13.0 Å². The quantitative estimate of drug-likeness (QED) is 0.216. The van der Waals surface area contributed by atoms with Crippen LogP contribution >= 0.6 is 0 Å². The number of hydrazine groups is 1. The van der Waals surface area contributed by atoms with E-state index in [-0.39, 0.29) is 29.7 Å². The number of nitrogens with two attached hydrogens (primary N) is 1. The fourth-order valence-electron chi connectivity index (χ4n) is 1.18. The SMILES string of the molecule is C[NH+](C)CCCn1cc(C(=O)NN)nn1.[I-]. The van der Waals surface area contributed by atoms with Crippen molar-refractivity contribution in [2.75, 3.05) is 20.6 Å². The van der Waals surface area contributed by atoms with Crippen molar-refractivity contribution in [1.82, 2.24) is 20.4 Å². The Kier molecular flexibility index (Phi) is 7.17. The summed E-state index contributed by atoms with van der Waals surface area (Å²) in [5, 5.41) is 7.52. The van der Waals surface area contributed by atoms with Crippen molar-refractivity contribution in [2.24, 2.45) is 5.84 Å². The van der Waals surface area contributed by atoms with E-state index in [2.05, 4.69) is 24.4 Å². The van der Waals surface area contributed by atoms with Gasteiger partial charge in [-0.3, -0.25) is 14.9 Å². The van der Waals surface area contributed by atoms with Crippen molar-refractivity contribution in [1.29, 1.82) is 0 Å². The molecule has 0 aliphatic rings. The first-order chi connectivity index (χ1) is 7.13. The fraction of sp³-hybridized carbons (Fsp3) is 0.625. The molecule has 16 heavy (non-hydrogen) atoms. The molecule has 92 valence electrons. The Hall–Kier alpha value is -0.740. The lowest BCUT2D eigenvalue weighted by molar-refractivity contribution is -0.858. The third kappa shape index (κ3) is 4.86. The first-order valence-corrected chi connectivity index (χ1v) is 4.83. The molecule has 0 aliphatic heterocycles. The lowest BCUT2D eigenvalue weighted by Gasteiger charge is -2.05. The lowest BCUT2D eigenvalue weighted by Crippen LogP contribution is -3.05. The molecule has 1 aromatic heterocycles. The van der Waals surface area contributed by atoms with E-state index < -0.39 is 5.91 Å². The summed E-state index contributed by atoms with van der Waals surface area (Å²) in [6, 6.07) is 0. The van der Waals surface area contributed by atoms with Crippen LogP contribution in [0.2, 0.25) is 0 Å². The minimum absolute atomic E-state index is 0. The van der Waals surface area contributed by atoms with Gasteiger partial charge in [-0.2, -0.15) is 0 Å². The van der Waals surface area contributed by atoms with Crippen LogP contribution in [0.25, 0.3) is 0 Å². The van der Waals surface area contributed by atoms with Gasteiger partial charge < -0.3 is 28.9 Å². The Morgan fingerprint density at radius 3 is 2.88 bits per heavy atom. The van der Waals surface area contributed by atoms with E-state index in [9.17, 15) is 4.79 Å². The number of aryl methyl sites for hydroxylation is 1. The van der Waals surface area contributed by atoms with Gasteiger partial charge in [0.15, 0.2) is 5.69 Å². The zero-order chi connectivity index (χ0) is 11.3. The molecule has 1 amide bonds. The average Bonchev–Trinajstić information content (AvgIpc) is 2.65. The van der Waals surface area contributed by atoms with Crippen molar-refractivity contribution in [2.45, 2.75) is 13.0 Å². The maximum atomic E-state index is 11.1. The third-order valence-corrected chi connectivity index (χ3v) is 1.97. The van der Waals surface area contributed by atoms with E-state index in [1.54, 1.807) is 10.9 Å². The summed E-state index contributed by atoms with van der Waals surface area (Å²) in [4.78, 5) is 12.4. The van der Waals surface area contributed by atoms with Crippen LogP contribution in [0.3, 0.4) is 0 Å². The highest BCUT2D eigenvalue weighted by atomic mass is 127. The van der Waals surface area contributed by atoms with Crippen LogP contribution in [0, 0.1) is 0 Å². The molecule has 1 aromatic rings. The molecule has 1 rings (SSSR count). The number of hydrogen-bond acceptors (Lipinski definition) is 4. The third-order valence-electron chi connectivity index (χ3n) is 1.97. The maximum Gasteiger partial charge on any atom is 0.287 e. The fourth-order valence-corrected chi connectivity index (χ4v) is 1.18. The lowest BCUT2D eigenvalue weighted by atomic mass is 10.4. The van der Waals surface area contributed by atoms with Crippen LogP contribution in [-0.4, -0.2) is 41.5 Å². The number of carbonyl (C=O) groups excluding carboxylic acids is 1. The molecular formula is C8H17IN6O. The number of nitrogens with zero attached hydrogens (tertiary/aromatic N) is 3. The topological polar surface area (TPSA) is 90.3 Å². The Labute approximate surface area is 111 Å². The maximum absolute atomic E-state index is 11.1. The Balaban J connectivity index is 0.00000225. The molecule has 8 heteroatoms. The van der Waals surface area contributed by atoms with Crippen LogP contribution in [0.5, 0.6) is 0 Å². The van der Waals surface area contributed by atoms with Gasteiger partial charge >= 0.3 is 0 Å². The second-order valence-corrected chi connectivity index (χ2v) is 3.65. The molecule has 4 N–H and O–H groups in total. The number of aromatic nitrogens is 3. The van der Waals surface area contributed by atoms with Crippen LogP contribution in [0.4, 0.5) is 0 Å². The summed E-state index contributed by atoms with van der Waals surface area (Å²) in [5.74, 6) is 4.56.